The molecule has 2 heteroatoms. The molecule has 2 nitrogen and oxygen atoms in total. The van der Waals surface area contributed by atoms with Crippen molar-refractivity contribution in [3.05, 3.63) is 12.2 Å². The van der Waals surface area contributed by atoms with Gasteiger partial charge < -0.3 is 0 Å². The van der Waals surface area contributed by atoms with Gasteiger partial charge in [0.1, 0.15) is 6.29 Å². The topological polar surface area (TPSA) is 20.3 Å². The zero-order valence-corrected chi connectivity index (χ0v) is 7.86. The molecule has 1 heterocycles. The van der Waals surface area contributed by atoms with Crippen LogP contribution in [0.15, 0.2) is 12.2 Å². The normalized spacial score (nSPS) is 25.8. The predicted octanol–water partition coefficient (Wildman–Crippen LogP) is 1.61. The highest BCUT2D eigenvalue weighted by atomic mass is 16.1. The lowest BCUT2D eigenvalue weighted by molar-refractivity contribution is -0.104. The second kappa shape index (κ2) is 4.41. The maximum absolute atomic E-state index is 10.1. The second-order valence-electron chi connectivity index (χ2n) is 3.56. The van der Waals surface area contributed by atoms with E-state index in [0.717, 1.165) is 6.29 Å². The molecule has 1 aliphatic rings. The second-order valence-corrected chi connectivity index (χ2v) is 3.56. The molecule has 0 N–H and O–H groups in total. The van der Waals surface area contributed by atoms with Gasteiger partial charge in [0, 0.05) is 12.1 Å². The number of hydrogen-bond acceptors (Lipinski definition) is 2. The van der Waals surface area contributed by atoms with Crippen LogP contribution in [0.3, 0.4) is 0 Å². The van der Waals surface area contributed by atoms with E-state index in [2.05, 4.69) is 18.7 Å². The minimum Gasteiger partial charge on any atom is -0.299 e. The number of nitrogens with zero attached hydrogens (tertiary/aromatic N) is 1. The summed E-state index contributed by atoms with van der Waals surface area (Å²) in [7, 11) is 0. The van der Waals surface area contributed by atoms with E-state index in [4.69, 9.17) is 0 Å². The Morgan fingerprint density at radius 1 is 1.50 bits per heavy atom. The average Bonchev–Trinajstić information content (AvgIpc) is 2.48. The molecule has 1 unspecified atom stereocenters. The van der Waals surface area contributed by atoms with Crippen LogP contribution in [-0.4, -0.2) is 29.8 Å². The molecule has 1 atom stereocenters. The highest BCUT2D eigenvalue weighted by Crippen LogP contribution is 2.20. The minimum atomic E-state index is 0.496. The van der Waals surface area contributed by atoms with Crippen LogP contribution in [0.1, 0.15) is 26.7 Å². The van der Waals surface area contributed by atoms with Crippen molar-refractivity contribution < 1.29 is 4.79 Å². The van der Waals surface area contributed by atoms with E-state index in [9.17, 15) is 4.79 Å². The van der Waals surface area contributed by atoms with Gasteiger partial charge in [-0.25, -0.2) is 0 Å². The molecule has 12 heavy (non-hydrogen) atoms. The monoisotopic (exact) mass is 167 g/mol. The van der Waals surface area contributed by atoms with Gasteiger partial charge in [-0.05, 0) is 39.3 Å². The zero-order valence-electron chi connectivity index (χ0n) is 7.86. The summed E-state index contributed by atoms with van der Waals surface area (Å²) in [5.74, 6) is 0. The van der Waals surface area contributed by atoms with Crippen molar-refractivity contribution in [2.45, 2.75) is 38.8 Å². The number of carbonyl (C=O) groups excluding carboxylic acids is 1. The summed E-state index contributed by atoms with van der Waals surface area (Å²) in [6.07, 6.45) is 6.94. The van der Waals surface area contributed by atoms with Crippen LogP contribution in [0.4, 0.5) is 0 Å². The van der Waals surface area contributed by atoms with Crippen LogP contribution in [0.5, 0.6) is 0 Å². The van der Waals surface area contributed by atoms with E-state index in [-0.39, 0.29) is 0 Å². The van der Waals surface area contributed by atoms with Crippen LogP contribution in [-0.2, 0) is 4.79 Å². The van der Waals surface area contributed by atoms with E-state index < -0.39 is 0 Å². The average molecular weight is 167 g/mol. The van der Waals surface area contributed by atoms with E-state index in [1.54, 1.807) is 6.08 Å². The Kier molecular flexibility index (Phi) is 3.48. The number of hydrogen-bond donors (Lipinski definition) is 0. The molecular weight excluding hydrogens is 150 g/mol. The van der Waals surface area contributed by atoms with Crippen molar-refractivity contribution in [1.29, 1.82) is 0 Å². The first kappa shape index (κ1) is 9.46. The molecule has 1 saturated heterocycles. The molecule has 0 aromatic carbocycles. The Hall–Kier alpha value is -0.630. The third kappa shape index (κ3) is 2.18. The molecule has 1 rings (SSSR count). The van der Waals surface area contributed by atoms with E-state index in [0.29, 0.717) is 12.1 Å². The van der Waals surface area contributed by atoms with Crippen molar-refractivity contribution >= 4 is 6.29 Å². The Morgan fingerprint density at radius 2 is 2.25 bits per heavy atom. The fourth-order valence-corrected chi connectivity index (χ4v) is 1.84. The summed E-state index contributed by atoms with van der Waals surface area (Å²) in [4.78, 5) is 12.6. The Morgan fingerprint density at radius 3 is 2.83 bits per heavy atom. The SMILES string of the molecule is CC(C)N1CCCC1/C=C\C=O. The summed E-state index contributed by atoms with van der Waals surface area (Å²) in [6, 6.07) is 1.09. The van der Waals surface area contributed by atoms with Gasteiger partial charge in [-0.3, -0.25) is 9.69 Å². The van der Waals surface area contributed by atoms with Crippen molar-refractivity contribution in [3.8, 4) is 0 Å². The molecule has 0 spiro atoms. The third-order valence-corrected chi connectivity index (χ3v) is 2.42. The fraction of sp³-hybridized carbons (Fsp3) is 0.700. The van der Waals surface area contributed by atoms with Crippen LogP contribution in [0, 0.1) is 0 Å². The molecule has 1 aliphatic heterocycles. The maximum Gasteiger partial charge on any atom is 0.142 e. The fourth-order valence-electron chi connectivity index (χ4n) is 1.84. The van der Waals surface area contributed by atoms with Gasteiger partial charge in [-0.15, -0.1) is 0 Å². The molecule has 0 aromatic rings. The first-order valence-electron chi connectivity index (χ1n) is 4.63. The first-order chi connectivity index (χ1) is 5.75. The number of rotatable bonds is 3. The standard InChI is InChI=1S/C10H17NO/c1-9(2)11-7-3-5-10(11)6-4-8-12/h4,6,8-10H,3,5,7H2,1-2H3/b6-4-. The molecule has 68 valence electrons. The number of likely N-dealkylation sites (tertiary alicyclic amines) is 1. The van der Waals surface area contributed by atoms with Crippen molar-refractivity contribution in [2.75, 3.05) is 6.54 Å². The Bertz CT molecular complexity index is 175. The summed E-state index contributed by atoms with van der Waals surface area (Å²) in [5, 5.41) is 0. The Balaban J connectivity index is 2.51. The van der Waals surface area contributed by atoms with Gasteiger partial charge in [0.15, 0.2) is 0 Å². The molecule has 1 fully saturated rings. The largest absolute Gasteiger partial charge is 0.299 e. The van der Waals surface area contributed by atoms with Crippen LogP contribution in [0.25, 0.3) is 0 Å². The van der Waals surface area contributed by atoms with E-state index in [1.807, 2.05) is 6.08 Å². The summed E-state index contributed by atoms with van der Waals surface area (Å²) < 4.78 is 0. The lowest BCUT2D eigenvalue weighted by atomic mass is 10.2. The van der Waals surface area contributed by atoms with Gasteiger partial charge in [-0.1, -0.05) is 6.08 Å². The predicted molar refractivity (Wildman–Crippen MR) is 50.1 cm³/mol. The quantitative estimate of drug-likeness (QED) is 0.470. The molecule has 0 amide bonds. The smallest absolute Gasteiger partial charge is 0.142 e. The zero-order chi connectivity index (χ0) is 8.97. The molecule has 0 saturated carbocycles. The lowest BCUT2D eigenvalue weighted by Crippen LogP contribution is -2.34. The molecule has 0 bridgehead atoms. The molecular formula is C10H17NO. The van der Waals surface area contributed by atoms with Gasteiger partial charge in [-0.2, -0.15) is 0 Å². The van der Waals surface area contributed by atoms with Crippen molar-refractivity contribution in [3.63, 3.8) is 0 Å². The van der Waals surface area contributed by atoms with Gasteiger partial charge in [0.2, 0.25) is 0 Å². The van der Waals surface area contributed by atoms with Gasteiger partial charge in [0.25, 0.3) is 0 Å². The van der Waals surface area contributed by atoms with E-state index in [1.165, 1.54) is 19.4 Å². The van der Waals surface area contributed by atoms with Gasteiger partial charge in [0.05, 0.1) is 0 Å². The van der Waals surface area contributed by atoms with E-state index >= 15 is 0 Å². The highest BCUT2D eigenvalue weighted by Gasteiger charge is 2.23. The third-order valence-electron chi connectivity index (χ3n) is 2.42. The number of carbonyl (C=O) groups is 1. The van der Waals surface area contributed by atoms with Crippen LogP contribution in [0.2, 0.25) is 0 Å². The van der Waals surface area contributed by atoms with Crippen LogP contribution < -0.4 is 0 Å². The summed E-state index contributed by atoms with van der Waals surface area (Å²) in [5.41, 5.74) is 0. The van der Waals surface area contributed by atoms with Crippen molar-refractivity contribution in [1.82, 2.24) is 4.90 Å². The van der Waals surface area contributed by atoms with Gasteiger partial charge >= 0.3 is 0 Å². The molecule has 0 aliphatic carbocycles. The minimum absolute atomic E-state index is 0.496. The highest BCUT2D eigenvalue weighted by molar-refractivity contribution is 5.64. The molecule has 0 aromatic heterocycles. The number of aldehydes is 1. The molecule has 0 radical (unpaired) electrons. The summed E-state index contributed by atoms with van der Waals surface area (Å²) in [6.45, 7) is 5.58. The Labute approximate surface area is 74.2 Å². The first-order valence-corrected chi connectivity index (χ1v) is 4.63. The number of allylic oxidation sites excluding steroid dienone is 1. The lowest BCUT2D eigenvalue weighted by Gasteiger charge is -2.25. The maximum atomic E-state index is 10.1. The van der Waals surface area contributed by atoms with Crippen LogP contribution >= 0.6 is 0 Å². The van der Waals surface area contributed by atoms with Crippen molar-refractivity contribution in [2.24, 2.45) is 0 Å². The summed E-state index contributed by atoms with van der Waals surface area (Å²) >= 11 is 0.